The van der Waals surface area contributed by atoms with Crippen LogP contribution in [0.4, 0.5) is 11.4 Å². The quantitative estimate of drug-likeness (QED) is 0.876. The van der Waals surface area contributed by atoms with Gasteiger partial charge in [-0.15, -0.1) is 0 Å². The number of hydrogen-bond donors (Lipinski definition) is 2. The molecule has 1 fully saturated rings. The molecule has 2 atom stereocenters. The highest BCUT2D eigenvalue weighted by atomic mass is 16.2. The fourth-order valence-corrected chi connectivity index (χ4v) is 2.65. The van der Waals surface area contributed by atoms with Crippen LogP contribution in [0.1, 0.15) is 39.5 Å². The Morgan fingerprint density at radius 3 is 2.43 bits per heavy atom. The second-order valence-electron chi connectivity index (χ2n) is 6.00. The molecule has 0 aromatic heterocycles. The van der Waals surface area contributed by atoms with Crippen LogP contribution in [0.15, 0.2) is 24.3 Å². The molecule has 0 radical (unpaired) electrons. The van der Waals surface area contributed by atoms with Crippen LogP contribution < -0.4 is 16.0 Å². The maximum atomic E-state index is 12.1. The minimum Gasteiger partial charge on any atom is -0.372 e. The normalized spacial score (nSPS) is 18.1. The summed E-state index contributed by atoms with van der Waals surface area (Å²) in [5.74, 6) is 0.0905. The lowest BCUT2D eigenvalue weighted by Gasteiger charge is -2.29. The lowest BCUT2D eigenvalue weighted by atomic mass is 9.99. The number of rotatable bonds is 5. The van der Waals surface area contributed by atoms with Crippen molar-refractivity contribution in [2.45, 2.75) is 45.6 Å². The second-order valence-corrected chi connectivity index (χ2v) is 6.00. The van der Waals surface area contributed by atoms with Gasteiger partial charge in [-0.25, -0.2) is 0 Å². The van der Waals surface area contributed by atoms with Crippen molar-refractivity contribution in [3.63, 3.8) is 0 Å². The Labute approximate surface area is 127 Å². The molecule has 2 rings (SSSR count). The number of anilines is 2. The van der Waals surface area contributed by atoms with E-state index in [1.165, 1.54) is 24.9 Å². The Morgan fingerprint density at radius 1 is 1.24 bits per heavy atom. The SMILES string of the molecule is CCC(C)C(N)C(=O)Nc1ccc(N2CCCCC2)cc1. The summed E-state index contributed by atoms with van der Waals surface area (Å²) < 4.78 is 0. The van der Waals surface area contributed by atoms with E-state index in [1.807, 2.05) is 26.0 Å². The zero-order valence-corrected chi connectivity index (χ0v) is 13.1. The summed E-state index contributed by atoms with van der Waals surface area (Å²) in [4.78, 5) is 14.5. The summed E-state index contributed by atoms with van der Waals surface area (Å²) in [6, 6.07) is 7.64. The summed E-state index contributed by atoms with van der Waals surface area (Å²) in [5, 5.41) is 2.90. The van der Waals surface area contributed by atoms with Crippen molar-refractivity contribution in [1.82, 2.24) is 0 Å². The Hall–Kier alpha value is -1.55. The first-order valence-corrected chi connectivity index (χ1v) is 8.03. The molecule has 0 spiro atoms. The molecule has 2 unspecified atom stereocenters. The minimum absolute atomic E-state index is 0.102. The van der Waals surface area contributed by atoms with Crippen molar-refractivity contribution in [3.05, 3.63) is 24.3 Å². The van der Waals surface area contributed by atoms with Gasteiger partial charge < -0.3 is 16.0 Å². The van der Waals surface area contributed by atoms with Gasteiger partial charge in [0.15, 0.2) is 0 Å². The largest absolute Gasteiger partial charge is 0.372 e. The molecule has 4 nitrogen and oxygen atoms in total. The molecule has 1 heterocycles. The fraction of sp³-hybridized carbons (Fsp3) is 0.588. The summed E-state index contributed by atoms with van der Waals surface area (Å²) in [6.07, 6.45) is 4.77. The summed E-state index contributed by atoms with van der Waals surface area (Å²) >= 11 is 0. The van der Waals surface area contributed by atoms with Gasteiger partial charge in [-0.1, -0.05) is 20.3 Å². The van der Waals surface area contributed by atoms with E-state index >= 15 is 0 Å². The Balaban J connectivity index is 1.94. The molecular weight excluding hydrogens is 262 g/mol. The van der Waals surface area contributed by atoms with Gasteiger partial charge in [0.05, 0.1) is 6.04 Å². The number of piperidine rings is 1. The van der Waals surface area contributed by atoms with Crippen LogP contribution in [0, 0.1) is 5.92 Å². The van der Waals surface area contributed by atoms with E-state index in [2.05, 4.69) is 22.3 Å². The maximum absolute atomic E-state index is 12.1. The topological polar surface area (TPSA) is 58.4 Å². The summed E-state index contributed by atoms with van der Waals surface area (Å²) in [6.45, 7) is 6.31. The molecule has 0 saturated carbocycles. The first-order valence-electron chi connectivity index (χ1n) is 8.03. The Bertz CT molecular complexity index is 452. The third kappa shape index (κ3) is 4.21. The van der Waals surface area contributed by atoms with Crippen LogP contribution in [-0.2, 0) is 4.79 Å². The van der Waals surface area contributed by atoms with Crippen molar-refractivity contribution in [1.29, 1.82) is 0 Å². The molecule has 1 aliphatic rings. The number of carbonyl (C=O) groups is 1. The van der Waals surface area contributed by atoms with E-state index < -0.39 is 6.04 Å². The van der Waals surface area contributed by atoms with Gasteiger partial charge >= 0.3 is 0 Å². The van der Waals surface area contributed by atoms with Crippen LogP contribution in [0.3, 0.4) is 0 Å². The number of nitrogens with one attached hydrogen (secondary N) is 1. The maximum Gasteiger partial charge on any atom is 0.241 e. The van der Waals surface area contributed by atoms with Gasteiger partial charge in [0, 0.05) is 24.5 Å². The average Bonchev–Trinajstić information content (AvgIpc) is 2.54. The van der Waals surface area contributed by atoms with Crippen LogP contribution in [-0.4, -0.2) is 25.0 Å². The van der Waals surface area contributed by atoms with E-state index in [0.717, 1.165) is 25.2 Å². The van der Waals surface area contributed by atoms with Crippen LogP contribution >= 0.6 is 0 Å². The molecule has 1 aromatic carbocycles. The van der Waals surface area contributed by atoms with Gasteiger partial charge in [-0.05, 0) is 49.4 Å². The zero-order valence-electron chi connectivity index (χ0n) is 13.1. The van der Waals surface area contributed by atoms with Gasteiger partial charge in [-0.2, -0.15) is 0 Å². The summed E-state index contributed by atoms with van der Waals surface area (Å²) in [5.41, 5.74) is 8.00. The van der Waals surface area contributed by atoms with Crippen molar-refractivity contribution < 1.29 is 4.79 Å². The highest BCUT2D eigenvalue weighted by molar-refractivity contribution is 5.95. The smallest absolute Gasteiger partial charge is 0.241 e. The molecule has 21 heavy (non-hydrogen) atoms. The summed E-state index contributed by atoms with van der Waals surface area (Å²) in [7, 11) is 0. The van der Waals surface area contributed by atoms with E-state index in [1.54, 1.807) is 0 Å². The average molecular weight is 289 g/mol. The second kappa shape index (κ2) is 7.46. The molecule has 0 bridgehead atoms. The molecule has 1 saturated heterocycles. The number of amides is 1. The van der Waals surface area contributed by atoms with Gasteiger partial charge in [0.2, 0.25) is 5.91 Å². The Kier molecular flexibility index (Phi) is 5.62. The predicted octanol–water partition coefficient (Wildman–Crippen LogP) is 2.99. The van der Waals surface area contributed by atoms with Gasteiger partial charge in [-0.3, -0.25) is 4.79 Å². The van der Waals surface area contributed by atoms with Gasteiger partial charge in [0.1, 0.15) is 0 Å². The first-order chi connectivity index (χ1) is 10.1. The third-order valence-electron chi connectivity index (χ3n) is 4.42. The molecule has 1 aromatic rings. The van der Waals surface area contributed by atoms with E-state index in [9.17, 15) is 4.79 Å². The van der Waals surface area contributed by atoms with E-state index in [4.69, 9.17) is 5.73 Å². The van der Waals surface area contributed by atoms with Crippen molar-refractivity contribution in [2.24, 2.45) is 11.7 Å². The number of hydrogen-bond acceptors (Lipinski definition) is 3. The standard InChI is InChI=1S/C17H27N3O/c1-3-13(2)16(18)17(21)19-14-7-9-15(10-8-14)20-11-5-4-6-12-20/h7-10,13,16H,3-6,11-12,18H2,1-2H3,(H,19,21). The lowest BCUT2D eigenvalue weighted by molar-refractivity contribution is -0.118. The van der Waals surface area contributed by atoms with E-state index in [-0.39, 0.29) is 11.8 Å². The number of nitrogens with zero attached hydrogens (tertiary/aromatic N) is 1. The van der Waals surface area contributed by atoms with Crippen molar-refractivity contribution in [3.8, 4) is 0 Å². The molecule has 1 amide bonds. The van der Waals surface area contributed by atoms with E-state index in [0.29, 0.717) is 0 Å². The molecular formula is C17H27N3O. The number of nitrogens with two attached hydrogens (primary N) is 1. The molecule has 1 aliphatic heterocycles. The van der Waals surface area contributed by atoms with Gasteiger partial charge in [0.25, 0.3) is 0 Å². The van der Waals surface area contributed by atoms with Crippen molar-refractivity contribution in [2.75, 3.05) is 23.3 Å². The predicted molar refractivity (Wildman–Crippen MR) is 88.6 cm³/mol. The number of benzene rings is 1. The zero-order chi connectivity index (χ0) is 15.2. The first kappa shape index (κ1) is 15.8. The molecule has 0 aliphatic carbocycles. The van der Waals surface area contributed by atoms with Crippen molar-refractivity contribution >= 4 is 17.3 Å². The van der Waals surface area contributed by atoms with Crippen LogP contribution in [0.25, 0.3) is 0 Å². The molecule has 3 N–H and O–H groups in total. The number of carbonyl (C=O) groups excluding carboxylic acids is 1. The highest BCUT2D eigenvalue weighted by Gasteiger charge is 2.19. The fourth-order valence-electron chi connectivity index (χ4n) is 2.65. The monoisotopic (exact) mass is 289 g/mol. The third-order valence-corrected chi connectivity index (χ3v) is 4.42. The lowest BCUT2D eigenvalue weighted by Crippen LogP contribution is -2.40. The highest BCUT2D eigenvalue weighted by Crippen LogP contribution is 2.22. The minimum atomic E-state index is -0.447. The van der Waals surface area contributed by atoms with Crippen LogP contribution in [0.2, 0.25) is 0 Å². The van der Waals surface area contributed by atoms with Crippen LogP contribution in [0.5, 0.6) is 0 Å². The molecule has 4 heteroatoms. The Morgan fingerprint density at radius 2 is 1.86 bits per heavy atom. The molecule has 116 valence electrons.